The first kappa shape index (κ1) is 27.7. The van der Waals surface area contributed by atoms with Gasteiger partial charge in [-0.05, 0) is 63.0 Å². The van der Waals surface area contributed by atoms with Crippen LogP contribution in [0.1, 0.15) is 75.9 Å². The van der Waals surface area contributed by atoms with Gasteiger partial charge in [0.2, 0.25) is 0 Å². The van der Waals surface area contributed by atoms with Gasteiger partial charge in [-0.25, -0.2) is 4.79 Å². The molecule has 2 amide bonds. The van der Waals surface area contributed by atoms with E-state index in [0.717, 1.165) is 40.1 Å². The zero-order chi connectivity index (χ0) is 26.6. The number of anilines is 1. The zero-order valence-corrected chi connectivity index (χ0v) is 22.6. The van der Waals surface area contributed by atoms with E-state index in [2.05, 4.69) is 43.4 Å². The van der Waals surface area contributed by atoms with Gasteiger partial charge in [-0.15, -0.1) is 0 Å². The molecule has 196 valence electrons. The first-order valence-corrected chi connectivity index (χ1v) is 13.2. The molecule has 0 radical (unpaired) electrons. The van der Waals surface area contributed by atoms with Crippen LogP contribution in [0.3, 0.4) is 0 Å². The lowest BCUT2D eigenvalue weighted by atomic mass is 9.73. The molecule has 1 aromatic heterocycles. The van der Waals surface area contributed by atoms with Crippen molar-refractivity contribution in [3.8, 4) is 11.1 Å². The molecule has 4 N–H and O–H groups in total. The van der Waals surface area contributed by atoms with Gasteiger partial charge in [-0.1, -0.05) is 57.5 Å². The molecule has 0 aliphatic carbocycles. The van der Waals surface area contributed by atoms with Gasteiger partial charge < -0.3 is 21.1 Å². The third kappa shape index (κ3) is 5.26. The number of nitrogens with one attached hydrogen (secondary N) is 1. The number of aryl methyl sites for hydroxylation is 2. The fraction of sp³-hybridized carbons (Fsp3) is 0.552. The summed E-state index contributed by atoms with van der Waals surface area (Å²) in [6.45, 7) is 13.1. The molecule has 7 heteroatoms. The second-order valence-corrected chi connectivity index (χ2v) is 10.5. The predicted molar refractivity (Wildman–Crippen MR) is 145 cm³/mol. The normalized spacial score (nSPS) is 17.3. The minimum absolute atomic E-state index is 0.275. The second kappa shape index (κ2) is 11.4. The summed E-state index contributed by atoms with van der Waals surface area (Å²) in [7, 11) is 0. The lowest BCUT2D eigenvalue weighted by Gasteiger charge is -2.50. The minimum Gasteiger partial charge on any atom is -0.481 e. The summed E-state index contributed by atoms with van der Waals surface area (Å²) in [6.07, 6.45) is 3.20. The first-order chi connectivity index (χ1) is 17.1. The zero-order valence-electron chi connectivity index (χ0n) is 22.6. The van der Waals surface area contributed by atoms with Gasteiger partial charge in [-0.3, -0.25) is 9.78 Å². The molecule has 2 aromatic rings. The van der Waals surface area contributed by atoms with Crippen LogP contribution in [0.15, 0.2) is 24.3 Å². The van der Waals surface area contributed by atoms with E-state index in [-0.39, 0.29) is 6.03 Å². The Morgan fingerprint density at radius 3 is 2.36 bits per heavy atom. The largest absolute Gasteiger partial charge is 0.481 e. The number of nitrogens with two attached hydrogens (primary N) is 1. The number of carbonyl (C=O) groups is 2. The summed E-state index contributed by atoms with van der Waals surface area (Å²) >= 11 is 0. The highest BCUT2D eigenvalue weighted by molar-refractivity contribution is 5.97. The molecule has 3 rings (SSSR count). The van der Waals surface area contributed by atoms with Crippen molar-refractivity contribution in [1.29, 1.82) is 0 Å². The standard InChI is InChI=1S/C29H42N4O3/c1-7-29(8-2)23(27(34)35)10-9-15-33(29)28(36)32-26-20(6)31-24(16-18(3)4)22(17-30)25(26)21-13-11-19(5)12-14-21/h11-14,18,23H,7-10,15-17,30H2,1-6H3,(H,32,36)(H,34,35). The van der Waals surface area contributed by atoms with E-state index in [1.54, 1.807) is 4.90 Å². The number of pyridine rings is 1. The van der Waals surface area contributed by atoms with Gasteiger partial charge in [0.15, 0.2) is 0 Å². The molecule has 7 nitrogen and oxygen atoms in total. The number of carboxylic acid groups (broad SMARTS) is 1. The van der Waals surface area contributed by atoms with Crippen molar-refractivity contribution in [2.24, 2.45) is 17.6 Å². The molecule has 1 saturated heterocycles. The summed E-state index contributed by atoms with van der Waals surface area (Å²) in [5.41, 5.74) is 11.9. The second-order valence-electron chi connectivity index (χ2n) is 10.5. The number of urea groups is 1. The lowest BCUT2D eigenvalue weighted by molar-refractivity contribution is -0.149. The number of hydrogen-bond donors (Lipinski definition) is 3. The van der Waals surface area contributed by atoms with Crippen LogP contribution in [-0.2, 0) is 17.8 Å². The third-order valence-electron chi connectivity index (χ3n) is 7.77. The Kier molecular flexibility index (Phi) is 8.77. The average Bonchev–Trinajstić information content (AvgIpc) is 2.84. The highest BCUT2D eigenvalue weighted by Gasteiger charge is 2.49. The number of carbonyl (C=O) groups excluding carboxylic acids is 1. The Morgan fingerprint density at radius 2 is 1.83 bits per heavy atom. The van der Waals surface area contributed by atoms with Gasteiger partial charge >= 0.3 is 12.0 Å². The topological polar surface area (TPSA) is 109 Å². The van der Waals surface area contributed by atoms with E-state index in [1.807, 2.05) is 27.7 Å². The van der Waals surface area contributed by atoms with Crippen LogP contribution in [0.5, 0.6) is 0 Å². The van der Waals surface area contributed by atoms with Crippen molar-refractivity contribution in [2.45, 2.75) is 85.7 Å². The van der Waals surface area contributed by atoms with Crippen molar-refractivity contribution in [1.82, 2.24) is 9.88 Å². The Labute approximate surface area is 215 Å². The minimum atomic E-state index is -0.835. The number of amides is 2. The maximum absolute atomic E-state index is 13.9. The number of hydrogen-bond acceptors (Lipinski definition) is 4. The van der Waals surface area contributed by atoms with E-state index < -0.39 is 17.4 Å². The molecule has 0 bridgehead atoms. The van der Waals surface area contributed by atoms with E-state index in [9.17, 15) is 14.7 Å². The SMILES string of the molecule is CCC1(CC)C(C(=O)O)CCCN1C(=O)Nc1c(C)nc(CC(C)C)c(CN)c1-c1ccc(C)cc1. The molecule has 2 heterocycles. The molecule has 1 aliphatic rings. The van der Waals surface area contributed by atoms with Crippen molar-refractivity contribution in [2.75, 3.05) is 11.9 Å². The van der Waals surface area contributed by atoms with E-state index in [1.165, 1.54) is 0 Å². The summed E-state index contributed by atoms with van der Waals surface area (Å²) in [6, 6.07) is 7.95. The Balaban J connectivity index is 2.14. The molecule has 1 fully saturated rings. The van der Waals surface area contributed by atoms with Gasteiger partial charge in [0, 0.05) is 24.3 Å². The average molecular weight is 495 g/mol. The molecule has 0 saturated carbocycles. The van der Waals surface area contributed by atoms with Crippen molar-refractivity contribution >= 4 is 17.7 Å². The number of rotatable bonds is 8. The van der Waals surface area contributed by atoms with E-state index in [4.69, 9.17) is 10.7 Å². The molecular weight excluding hydrogens is 452 g/mol. The van der Waals surface area contributed by atoms with E-state index >= 15 is 0 Å². The van der Waals surface area contributed by atoms with Crippen molar-refractivity contribution in [3.63, 3.8) is 0 Å². The number of aliphatic carboxylic acids is 1. The maximum atomic E-state index is 13.9. The highest BCUT2D eigenvalue weighted by atomic mass is 16.4. The fourth-order valence-corrected chi connectivity index (χ4v) is 5.86. The van der Waals surface area contributed by atoms with Gasteiger partial charge in [0.25, 0.3) is 0 Å². The van der Waals surface area contributed by atoms with Crippen molar-refractivity contribution in [3.05, 3.63) is 46.8 Å². The summed E-state index contributed by atoms with van der Waals surface area (Å²) in [5, 5.41) is 13.1. The number of piperidine rings is 1. The number of benzene rings is 1. The fourth-order valence-electron chi connectivity index (χ4n) is 5.86. The Morgan fingerprint density at radius 1 is 1.19 bits per heavy atom. The molecule has 1 aromatic carbocycles. The predicted octanol–water partition coefficient (Wildman–Crippen LogP) is 5.91. The molecule has 36 heavy (non-hydrogen) atoms. The highest BCUT2D eigenvalue weighted by Crippen LogP contribution is 2.41. The molecule has 1 atom stereocenters. The van der Waals surface area contributed by atoms with Gasteiger partial charge in [-0.2, -0.15) is 0 Å². The molecule has 0 spiro atoms. The number of nitrogens with zero attached hydrogens (tertiary/aromatic N) is 2. The monoisotopic (exact) mass is 494 g/mol. The first-order valence-electron chi connectivity index (χ1n) is 13.2. The Bertz CT molecular complexity index is 1090. The summed E-state index contributed by atoms with van der Waals surface area (Å²) in [5.74, 6) is -1.02. The quantitative estimate of drug-likeness (QED) is 0.423. The lowest BCUT2D eigenvalue weighted by Crippen LogP contribution is -2.61. The number of aromatic nitrogens is 1. The van der Waals surface area contributed by atoms with Gasteiger partial charge in [0.05, 0.1) is 22.8 Å². The third-order valence-corrected chi connectivity index (χ3v) is 7.77. The van der Waals surface area contributed by atoms with Crippen LogP contribution in [-0.4, -0.2) is 39.1 Å². The van der Waals surface area contributed by atoms with Crippen molar-refractivity contribution < 1.29 is 14.7 Å². The number of likely N-dealkylation sites (tertiary alicyclic amines) is 1. The van der Waals surface area contributed by atoms with Crippen LogP contribution in [0.2, 0.25) is 0 Å². The smallest absolute Gasteiger partial charge is 0.322 e. The van der Waals surface area contributed by atoms with E-state index in [0.29, 0.717) is 50.4 Å². The number of carboxylic acids is 1. The van der Waals surface area contributed by atoms with Crippen LogP contribution in [0, 0.1) is 25.7 Å². The molecule has 1 aliphatic heterocycles. The van der Waals surface area contributed by atoms with Crippen LogP contribution >= 0.6 is 0 Å². The van der Waals surface area contributed by atoms with Crippen LogP contribution in [0.4, 0.5) is 10.5 Å². The summed E-state index contributed by atoms with van der Waals surface area (Å²) < 4.78 is 0. The molecule has 1 unspecified atom stereocenters. The van der Waals surface area contributed by atoms with Crippen LogP contribution < -0.4 is 11.1 Å². The summed E-state index contributed by atoms with van der Waals surface area (Å²) in [4.78, 5) is 32.7. The molecular formula is C29H42N4O3. The maximum Gasteiger partial charge on any atom is 0.322 e. The van der Waals surface area contributed by atoms with Gasteiger partial charge in [0.1, 0.15) is 0 Å². The van der Waals surface area contributed by atoms with Crippen LogP contribution in [0.25, 0.3) is 11.1 Å². The Hall–Kier alpha value is -2.93.